The molecule has 1 amide bonds. The fraction of sp³-hybridized carbons (Fsp3) is 0.550. The van der Waals surface area contributed by atoms with Gasteiger partial charge in [0.05, 0.1) is 24.7 Å². The van der Waals surface area contributed by atoms with Gasteiger partial charge in [0.25, 0.3) is 5.91 Å². The standard InChI is InChI=1S/C20H28N2O4S/c1-4-25-19(24)15-9-11-22(12-10-15)20(27)21-18(23)16-7-5-6-8-17(16)26-13-14(2)3/h5-8,14-15H,4,9-13H2,1-3H3,(H,21,23,27). The van der Waals surface area contributed by atoms with Crippen LogP contribution in [0.1, 0.15) is 44.0 Å². The number of carbonyl (C=O) groups is 2. The molecule has 7 heteroatoms. The third-order valence-electron chi connectivity index (χ3n) is 4.33. The summed E-state index contributed by atoms with van der Waals surface area (Å²) in [6, 6.07) is 7.14. The lowest BCUT2D eigenvalue weighted by atomic mass is 9.97. The Morgan fingerprint density at radius 3 is 2.56 bits per heavy atom. The summed E-state index contributed by atoms with van der Waals surface area (Å²) in [5.74, 6) is 0.385. The number of amides is 1. The molecule has 1 aromatic rings. The van der Waals surface area contributed by atoms with Gasteiger partial charge in [-0.05, 0) is 50.0 Å². The molecule has 27 heavy (non-hydrogen) atoms. The van der Waals surface area contributed by atoms with Gasteiger partial charge >= 0.3 is 5.97 Å². The van der Waals surface area contributed by atoms with E-state index in [1.165, 1.54) is 0 Å². The van der Waals surface area contributed by atoms with Crippen LogP contribution in [0, 0.1) is 11.8 Å². The number of nitrogens with one attached hydrogen (secondary N) is 1. The van der Waals surface area contributed by atoms with Crippen LogP contribution in [0.4, 0.5) is 0 Å². The molecule has 0 spiro atoms. The van der Waals surface area contributed by atoms with Crippen molar-refractivity contribution in [1.29, 1.82) is 0 Å². The van der Waals surface area contributed by atoms with Crippen LogP contribution in [0.15, 0.2) is 24.3 Å². The van der Waals surface area contributed by atoms with Crippen molar-refractivity contribution in [2.75, 3.05) is 26.3 Å². The number of esters is 1. The monoisotopic (exact) mass is 392 g/mol. The van der Waals surface area contributed by atoms with Crippen LogP contribution in [0.2, 0.25) is 0 Å². The second-order valence-corrected chi connectivity index (χ2v) is 7.36. The molecule has 6 nitrogen and oxygen atoms in total. The number of piperidine rings is 1. The number of hydrogen-bond acceptors (Lipinski definition) is 5. The Bertz CT molecular complexity index is 670. The minimum Gasteiger partial charge on any atom is -0.492 e. The molecule has 0 unspecified atom stereocenters. The molecule has 0 atom stereocenters. The third-order valence-corrected chi connectivity index (χ3v) is 4.69. The van der Waals surface area contributed by atoms with E-state index >= 15 is 0 Å². The quantitative estimate of drug-likeness (QED) is 0.593. The topological polar surface area (TPSA) is 67.9 Å². The average molecular weight is 393 g/mol. The summed E-state index contributed by atoms with van der Waals surface area (Å²) >= 11 is 5.39. The third kappa shape index (κ3) is 6.20. The highest BCUT2D eigenvalue weighted by Crippen LogP contribution is 2.21. The highest BCUT2D eigenvalue weighted by Gasteiger charge is 2.27. The van der Waals surface area contributed by atoms with E-state index in [2.05, 4.69) is 19.2 Å². The number of nitrogens with zero attached hydrogens (tertiary/aromatic N) is 1. The first-order valence-corrected chi connectivity index (χ1v) is 9.81. The fourth-order valence-electron chi connectivity index (χ4n) is 2.86. The molecule has 1 heterocycles. The van der Waals surface area contributed by atoms with E-state index in [1.807, 2.05) is 11.0 Å². The van der Waals surface area contributed by atoms with Gasteiger partial charge in [0.2, 0.25) is 0 Å². The van der Waals surface area contributed by atoms with Crippen LogP contribution in [0.25, 0.3) is 0 Å². The van der Waals surface area contributed by atoms with Crippen LogP contribution >= 0.6 is 12.2 Å². The zero-order valence-electron chi connectivity index (χ0n) is 16.2. The number of likely N-dealkylation sites (tertiary alicyclic amines) is 1. The van der Waals surface area contributed by atoms with Gasteiger partial charge in [-0.1, -0.05) is 26.0 Å². The van der Waals surface area contributed by atoms with Crippen molar-refractivity contribution in [3.05, 3.63) is 29.8 Å². The first kappa shape index (κ1) is 21.2. The van der Waals surface area contributed by atoms with Crippen molar-refractivity contribution < 1.29 is 19.1 Å². The lowest BCUT2D eigenvalue weighted by Crippen LogP contribution is -2.47. The van der Waals surface area contributed by atoms with Crippen molar-refractivity contribution in [1.82, 2.24) is 10.2 Å². The van der Waals surface area contributed by atoms with Gasteiger partial charge in [-0.25, -0.2) is 0 Å². The molecule has 1 N–H and O–H groups in total. The second-order valence-electron chi connectivity index (χ2n) is 6.97. The zero-order chi connectivity index (χ0) is 19.8. The Labute approximate surface area is 166 Å². The predicted molar refractivity (Wildman–Crippen MR) is 108 cm³/mol. The Kier molecular flexibility index (Phi) is 8.03. The fourth-order valence-corrected chi connectivity index (χ4v) is 3.13. The number of ether oxygens (including phenoxy) is 2. The molecular weight excluding hydrogens is 364 g/mol. The average Bonchev–Trinajstić information content (AvgIpc) is 2.66. The summed E-state index contributed by atoms with van der Waals surface area (Å²) in [6.07, 6.45) is 1.34. The summed E-state index contributed by atoms with van der Waals surface area (Å²) in [5.41, 5.74) is 0.460. The summed E-state index contributed by atoms with van der Waals surface area (Å²) in [5, 5.41) is 3.16. The van der Waals surface area contributed by atoms with Gasteiger partial charge in [0.15, 0.2) is 5.11 Å². The first-order chi connectivity index (χ1) is 12.9. The molecular formula is C20H28N2O4S. The first-order valence-electron chi connectivity index (χ1n) is 9.41. The molecule has 1 saturated heterocycles. The zero-order valence-corrected chi connectivity index (χ0v) is 17.0. The van der Waals surface area contributed by atoms with Crippen molar-refractivity contribution >= 4 is 29.2 Å². The Morgan fingerprint density at radius 2 is 1.93 bits per heavy atom. The molecule has 0 saturated carbocycles. The Hall–Kier alpha value is -2.15. The molecule has 1 aromatic carbocycles. The molecule has 1 aliphatic heterocycles. The summed E-state index contributed by atoms with van der Waals surface area (Å²) < 4.78 is 10.8. The Morgan fingerprint density at radius 1 is 1.26 bits per heavy atom. The van der Waals surface area contributed by atoms with Crippen LogP contribution in [0.5, 0.6) is 5.75 Å². The van der Waals surface area contributed by atoms with Gasteiger partial charge in [-0.2, -0.15) is 0 Å². The molecule has 0 aliphatic carbocycles. The SMILES string of the molecule is CCOC(=O)C1CCN(C(=S)NC(=O)c2ccccc2OCC(C)C)CC1. The molecule has 148 valence electrons. The van der Waals surface area contributed by atoms with Crippen LogP contribution in [-0.2, 0) is 9.53 Å². The number of rotatable bonds is 6. The van der Waals surface area contributed by atoms with Crippen molar-refractivity contribution in [3.8, 4) is 5.75 Å². The van der Waals surface area contributed by atoms with Crippen LogP contribution < -0.4 is 10.1 Å². The molecule has 0 bridgehead atoms. The number of benzene rings is 1. The maximum absolute atomic E-state index is 12.6. The minimum absolute atomic E-state index is 0.0927. The molecule has 1 aliphatic rings. The molecule has 2 rings (SSSR count). The van der Waals surface area contributed by atoms with Crippen molar-refractivity contribution in [3.63, 3.8) is 0 Å². The largest absolute Gasteiger partial charge is 0.492 e. The lowest BCUT2D eigenvalue weighted by Gasteiger charge is -2.32. The molecule has 1 fully saturated rings. The van der Waals surface area contributed by atoms with E-state index in [-0.39, 0.29) is 17.8 Å². The van der Waals surface area contributed by atoms with Crippen molar-refractivity contribution in [2.45, 2.75) is 33.6 Å². The van der Waals surface area contributed by atoms with E-state index in [0.717, 1.165) is 0 Å². The highest BCUT2D eigenvalue weighted by molar-refractivity contribution is 7.80. The summed E-state index contributed by atoms with van der Waals surface area (Å²) in [7, 11) is 0. The lowest BCUT2D eigenvalue weighted by molar-refractivity contribution is -0.149. The number of hydrogen-bond donors (Lipinski definition) is 1. The van der Waals surface area contributed by atoms with Crippen molar-refractivity contribution in [2.24, 2.45) is 11.8 Å². The summed E-state index contributed by atoms with van der Waals surface area (Å²) in [4.78, 5) is 26.4. The maximum Gasteiger partial charge on any atom is 0.309 e. The van der Waals surface area contributed by atoms with Gasteiger partial charge < -0.3 is 14.4 Å². The molecule has 0 aromatic heterocycles. The predicted octanol–water partition coefficient (Wildman–Crippen LogP) is 3.01. The van der Waals surface area contributed by atoms with E-state index in [0.29, 0.717) is 61.5 Å². The maximum atomic E-state index is 12.6. The van der Waals surface area contributed by atoms with Gasteiger partial charge in [-0.15, -0.1) is 0 Å². The van der Waals surface area contributed by atoms with Crippen LogP contribution in [-0.4, -0.2) is 48.2 Å². The second kappa shape index (κ2) is 10.3. The summed E-state index contributed by atoms with van der Waals surface area (Å²) in [6.45, 7) is 8.08. The normalized spacial score (nSPS) is 14.7. The van der Waals surface area contributed by atoms with E-state index < -0.39 is 0 Å². The van der Waals surface area contributed by atoms with Gasteiger partial charge in [0, 0.05) is 13.1 Å². The van der Waals surface area contributed by atoms with E-state index in [9.17, 15) is 9.59 Å². The van der Waals surface area contributed by atoms with E-state index in [4.69, 9.17) is 21.7 Å². The van der Waals surface area contributed by atoms with E-state index in [1.54, 1.807) is 25.1 Å². The smallest absolute Gasteiger partial charge is 0.309 e. The molecule has 0 radical (unpaired) electrons. The number of para-hydroxylation sites is 1. The van der Waals surface area contributed by atoms with Gasteiger partial charge in [-0.3, -0.25) is 14.9 Å². The Balaban J connectivity index is 1.91. The van der Waals surface area contributed by atoms with Crippen LogP contribution in [0.3, 0.4) is 0 Å². The highest BCUT2D eigenvalue weighted by atomic mass is 32.1. The number of carbonyl (C=O) groups excluding carboxylic acids is 2. The van der Waals surface area contributed by atoms with Gasteiger partial charge in [0.1, 0.15) is 5.75 Å². The number of thiocarbonyl (C=S) groups is 1. The minimum atomic E-state index is -0.285.